The maximum absolute atomic E-state index is 12.0. The van der Waals surface area contributed by atoms with E-state index in [4.69, 9.17) is 14.6 Å². The second-order valence-electron chi connectivity index (χ2n) is 6.89. The van der Waals surface area contributed by atoms with Crippen LogP contribution in [0.25, 0.3) is 0 Å². The number of carboxylic acid groups (broad SMARTS) is 1. The van der Waals surface area contributed by atoms with E-state index in [0.717, 1.165) is 0 Å². The van der Waals surface area contributed by atoms with E-state index >= 15 is 0 Å². The summed E-state index contributed by atoms with van der Waals surface area (Å²) < 4.78 is 10.6. The summed E-state index contributed by atoms with van der Waals surface area (Å²) in [5.74, 6) is -0.889. The van der Waals surface area contributed by atoms with Crippen molar-refractivity contribution in [1.82, 2.24) is 10.2 Å². The Hall–Kier alpha value is -1.34. The molecule has 128 valence electrons. The molecule has 0 aromatic rings. The van der Waals surface area contributed by atoms with E-state index in [2.05, 4.69) is 5.32 Å². The molecule has 0 aromatic carbocycles. The van der Waals surface area contributed by atoms with Crippen molar-refractivity contribution in [2.75, 3.05) is 26.3 Å². The standard InChI is InChI=1S/C15H28N2O5/c1-6-21-8-11(2)16-15(7-12(18)19)9-17(10-15)13(20)22-14(3,4)5/h11,16H,6-10H2,1-5H3,(H,18,19). The lowest BCUT2D eigenvalue weighted by Gasteiger charge is -2.50. The van der Waals surface area contributed by atoms with E-state index in [0.29, 0.717) is 26.3 Å². The number of carbonyl (C=O) groups excluding carboxylic acids is 1. The minimum absolute atomic E-state index is 0.0140. The van der Waals surface area contributed by atoms with Crippen molar-refractivity contribution >= 4 is 12.1 Å². The van der Waals surface area contributed by atoms with Gasteiger partial charge in [-0.3, -0.25) is 4.79 Å². The van der Waals surface area contributed by atoms with Gasteiger partial charge in [-0.25, -0.2) is 4.79 Å². The molecule has 0 aliphatic carbocycles. The lowest BCUT2D eigenvalue weighted by atomic mass is 9.85. The number of carbonyl (C=O) groups is 2. The molecule has 0 spiro atoms. The van der Waals surface area contributed by atoms with E-state index in [1.54, 1.807) is 20.8 Å². The number of likely N-dealkylation sites (tertiary alicyclic amines) is 1. The number of aliphatic carboxylic acids is 1. The highest BCUT2D eigenvalue weighted by Crippen LogP contribution is 2.27. The molecule has 7 heteroatoms. The van der Waals surface area contributed by atoms with Gasteiger partial charge >= 0.3 is 12.1 Å². The van der Waals surface area contributed by atoms with Crippen molar-refractivity contribution in [3.8, 4) is 0 Å². The van der Waals surface area contributed by atoms with Crippen molar-refractivity contribution in [3.05, 3.63) is 0 Å². The van der Waals surface area contributed by atoms with Crippen LogP contribution >= 0.6 is 0 Å². The predicted molar refractivity (Wildman–Crippen MR) is 81.9 cm³/mol. The molecule has 1 rings (SSSR count). The SMILES string of the molecule is CCOCC(C)NC1(CC(=O)O)CN(C(=O)OC(C)(C)C)C1. The quantitative estimate of drug-likeness (QED) is 0.739. The zero-order valence-electron chi connectivity index (χ0n) is 14.1. The second kappa shape index (κ2) is 7.28. The van der Waals surface area contributed by atoms with Crippen LogP contribution in [0.1, 0.15) is 41.0 Å². The van der Waals surface area contributed by atoms with Gasteiger partial charge in [0, 0.05) is 25.7 Å². The van der Waals surface area contributed by atoms with Crippen LogP contribution in [0.4, 0.5) is 4.79 Å². The largest absolute Gasteiger partial charge is 0.481 e. The summed E-state index contributed by atoms with van der Waals surface area (Å²) in [6, 6.07) is 0.0140. The maximum Gasteiger partial charge on any atom is 0.410 e. The van der Waals surface area contributed by atoms with Gasteiger partial charge in [0.25, 0.3) is 0 Å². The van der Waals surface area contributed by atoms with Gasteiger partial charge in [-0.05, 0) is 34.6 Å². The molecule has 1 amide bonds. The van der Waals surface area contributed by atoms with Crippen LogP contribution in [-0.2, 0) is 14.3 Å². The van der Waals surface area contributed by atoms with E-state index in [1.165, 1.54) is 4.90 Å². The van der Waals surface area contributed by atoms with Crippen LogP contribution < -0.4 is 5.32 Å². The van der Waals surface area contributed by atoms with Crippen LogP contribution in [-0.4, -0.2) is 65.6 Å². The topological polar surface area (TPSA) is 88.1 Å². The summed E-state index contributed by atoms with van der Waals surface area (Å²) in [5.41, 5.74) is -1.17. The van der Waals surface area contributed by atoms with Gasteiger partial charge in [0.15, 0.2) is 0 Å². The van der Waals surface area contributed by atoms with E-state index < -0.39 is 23.2 Å². The minimum atomic E-state index is -0.889. The highest BCUT2D eigenvalue weighted by Gasteiger charge is 2.48. The van der Waals surface area contributed by atoms with E-state index in [-0.39, 0.29) is 12.5 Å². The number of rotatable bonds is 7. The van der Waals surface area contributed by atoms with Crippen LogP contribution in [0, 0.1) is 0 Å². The van der Waals surface area contributed by atoms with Crippen LogP contribution in [0.3, 0.4) is 0 Å². The summed E-state index contributed by atoms with van der Waals surface area (Å²) in [7, 11) is 0. The summed E-state index contributed by atoms with van der Waals surface area (Å²) in [4.78, 5) is 24.6. The van der Waals surface area contributed by atoms with Gasteiger partial charge in [-0.2, -0.15) is 0 Å². The number of amides is 1. The summed E-state index contributed by atoms with van der Waals surface area (Å²) in [5, 5.41) is 12.4. The first-order valence-electron chi connectivity index (χ1n) is 7.62. The Morgan fingerprint density at radius 2 is 1.95 bits per heavy atom. The molecule has 1 aliphatic heterocycles. The van der Waals surface area contributed by atoms with Gasteiger partial charge in [-0.1, -0.05) is 0 Å². The molecule has 1 atom stereocenters. The van der Waals surface area contributed by atoms with E-state index in [1.807, 2.05) is 13.8 Å². The second-order valence-corrected chi connectivity index (χ2v) is 6.89. The first kappa shape index (κ1) is 18.7. The van der Waals surface area contributed by atoms with Crippen molar-refractivity contribution in [2.45, 2.75) is 58.2 Å². The Morgan fingerprint density at radius 1 is 1.36 bits per heavy atom. The number of carboxylic acids is 1. The fourth-order valence-corrected chi connectivity index (χ4v) is 2.54. The summed E-state index contributed by atoms with van der Waals surface area (Å²) in [6.07, 6.45) is -0.448. The van der Waals surface area contributed by atoms with Gasteiger partial charge in [0.1, 0.15) is 5.60 Å². The van der Waals surface area contributed by atoms with Crippen LogP contribution in [0.15, 0.2) is 0 Å². The zero-order valence-corrected chi connectivity index (χ0v) is 14.1. The highest BCUT2D eigenvalue weighted by atomic mass is 16.6. The molecule has 7 nitrogen and oxygen atoms in total. The van der Waals surface area contributed by atoms with Gasteiger partial charge < -0.3 is 24.8 Å². The monoisotopic (exact) mass is 316 g/mol. The van der Waals surface area contributed by atoms with E-state index in [9.17, 15) is 9.59 Å². The first-order chi connectivity index (χ1) is 10.1. The lowest BCUT2D eigenvalue weighted by Crippen LogP contribution is -2.72. The van der Waals surface area contributed by atoms with Crippen molar-refractivity contribution in [2.24, 2.45) is 0 Å². The molecule has 0 radical (unpaired) electrons. The van der Waals surface area contributed by atoms with Crippen molar-refractivity contribution < 1.29 is 24.2 Å². The third-order valence-corrected chi connectivity index (χ3v) is 3.25. The third-order valence-electron chi connectivity index (χ3n) is 3.25. The summed E-state index contributed by atoms with van der Waals surface area (Å²) >= 11 is 0. The Labute approximate surface area is 131 Å². The molecule has 0 bridgehead atoms. The number of hydrogen-bond donors (Lipinski definition) is 2. The lowest BCUT2D eigenvalue weighted by molar-refractivity contribution is -0.141. The number of nitrogens with zero attached hydrogens (tertiary/aromatic N) is 1. The highest BCUT2D eigenvalue weighted by molar-refractivity contribution is 5.73. The normalized spacial score (nSPS) is 18.5. The molecule has 22 heavy (non-hydrogen) atoms. The molecule has 0 aromatic heterocycles. The Bertz CT molecular complexity index is 399. The Balaban J connectivity index is 2.59. The molecule has 1 aliphatic rings. The smallest absolute Gasteiger partial charge is 0.410 e. The molecule has 1 fully saturated rings. The van der Waals surface area contributed by atoms with Crippen molar-refractivity contribution in [1.29, 1.82) is 0 Å². The molecule has 0 saturated carbocycles. The van der Waals surface area contributed by atoms with Crippen molar-refractivity contribution in [3.63, 3.8) is 0 Å². The van der Waals surface area contributed by atoms with Crippen LogP contribution in [0.5, 0.6) is 0 Å². The number of ether oxygens (including phenoxy) is 2. The first-order valence-corrected chi connectivity index (χ1v) is 7.62. The van der Waals surface area contributed by atoms with Gasteiger partial charge in [0.05, 0.1) is 18.6 Å². The molecule has 1 saturated heterocycles. The average molecular weight is 316 g/mol. The predicted octanol–water partition coefficient (Wildman–Crippen LogP) is 1.47. The fourth-order valence-electron chi connectivity index (χ4n) is 2.54. The van der Waals surface area contributed by atoms with Crippen LogP contribution in [0.2, 0.25) is 0 Å². The Morgan fingerprint density at radius 3 is 2.41 bits per heavy atom. The molecular weight excluding hydrogens is 288 g/mol. The maximum atomic E-state index is 12.0. The molecule has 1 unspecified atom stereocenters. The number of nitrogens with one attached hydrogen (secondary N) is 1. The molecular formula is C15H28N2O5. The average Bonchev–Trinajstić information content (AvgIpc) is 2.29. The molecule has 1 heterocycles. The number of hydrogen-bond acceptors (Lipinski definition) is 5. The minimum Gasteiger partial charge on any atom is -0.481 e. The fraction of sp³-hybridized carbons (Fsp3) is 0.867. The summed E-state index contributed by atoms with van der Waals surface area (Å²) in [6.45, 7) is 11.0. The third kappa shape index (κ3) is 5.81. The van der Waals surface area contributed by atoms with Gasteiger partial charge in [0.2, 0.25) is 0 Å². The zero-order chi connectivity index (χ0) is 17.0. The molecule has 2 N–H and O–H groups in total. The Kier molecular flexibility index (Phi) is 6.19. The van der Waals surface area contributed by atoms with Gasteiger partial charge in [-0.15, -0.1) is 0 Å².